The maximum absolute atomic E-state index is 15.0. The first kappa shape index (κ1) is 34.5. The first-order valence-corrected chi connectivity index (χ1v) is 15.3. The van der Waals surface area contributed by atoms with Gasteiger partial charge in [-0.2, -0.15) is 0 Å². The highest BCUT2D eigenvalue weighted by molar-refractivity contribution is 6.42. The topological polar surface area (TPSA) is 159 Å². The maximum Gasteiger partial charge on any atom is 0.247 e. The molecule has 250 valence electrons. The number of fused-ring (bicyclic) bond motifs is 1. The summed E-state index contributed by atoms with van der Waals surface area (Å²) in [5.74, 6) is -2.38. The van der Waals surface area contributed by atoms with Crippen molar-refractivity contribution in [1.82, 2.24) is 5.32 Å². The van der Waals surface area contributed by atoms with Crippen molar-refractivity contribution in [3.8, 4) is 5.75 Å². The van der Waals surface area contributed by atoms with Crippen LogP contribution in [0, 0.1) is 17.6 Å². The van der Waals surface area contributed by atoms with Crippen molar-refractivity contribution in [1.29, 1.82) is 0 Å². The van der Waals surface area contributed by atoms with Gasteiger partial charge in [-0.1, -0.05) is 34.4 Å². The number of carbonyl (C=O) groups excluding carboxylic acids is 1. The Balaban J connectivity index is 1.16. The zero-order chi connectivity index (χ0) is 33.3. The molecule has 1 saturated heterocycles. The van der Waals surface area contributed by atoms with Crippen LogP contribution < -0.4 is 10.1 Å². The van der Waals surface area contributed by atoms with Gasteiger partial charge >= 0.3 is 0 Å². The van der Waals surface area contributed by atoms with E-state index in [1.807, 2.05) is 0 Å². The summed E-state index contributed by atoms with van der Waals surface area (Å²) in [6.45, 7) is 2.85. The molecular weight excluding hydrogens is 653 g/mol. The Kier molecular flexibility index (Phi) is 10.8. The molecule has 2 aromatic carbocycles. The fourth-order valence-electron chi connectivity index (χ4n) is 5.92. The number of nitrogens with one attached hydrogen (secondary N) is 1. The standard InChI is InChI=1S/C31H34Cl2F2N2O9/c1-13(31(42)36-25-26(39)28(41)30-29(27(25)40)43-12-44-30)5-15-3-4-23(21(35)6-15)46-18-9-19(22(38)10-18)14(2)37-45-11-16-7-17(34)8-20(32)24(16)33/h3-8,18-19,22,25-30,38-41H,9-12H2,1-2H3,(H,36,42)/t18-,19+,22+,25+,26-,27+,28+,29-,30+/m0/s1. The molecule has 3 fully saturated rings. The number of aliphatic hydroxyl groups excluding tert-OH is 4. The van der Waals surface area contributed by atoms with Crippen LogP contribution in [0.5, 0.6) is 5.75 Å². The molecule has 3 aliphatic rings. The number of carbonyl (C=O) groups is 1. The van der Waals surface area contributed by atoms with Gasteiger partial charge in [-0.15, -0.1) is 0 Å². The number of hydrogen-bond donors (Lipinski definition) is 5. The van der Waals surface area contributed by atoms with Gasteiger partial charge in [0.2, 0.25) is 5.91 Å². The molecule has 0 spiro atoms. The molecule has 11 nitrogen and oxygen atoms in total. The Hall–Kier alpha value is -2.88. The second-order valence-electron chi connectivity index (χ2n) is 11.6. The Morgan fingerprint density at radius 2 is 1.76 bits per heavy atom. The van der Waals surface area contributed by atoms with Gasteiger partial charge in [-0.05, 0) is 56.2 Å². The van der Waals surface area contributed by atoms with Gasteiger partial charge < -0.3 is 44.8 Å². The number of amides is 1. The zero-order valence-electron chi connectivity index (χ0n) is 24.8. The van der Waals surface area contributed by atoms with Crippen molar-refractivity contribution in [3.63, 3.8) is 0 Å². The smallest absolute Gasteiger partial charge is 0.247 e. The first-order valence-electron chi connectivity index (χ1n) is 14.5. The molecule has 2 saturated carbocycles. The minimum Gasteiger partial charge on any atom is -0.487 e. The summed E-state index contributed by atoms with van der Waals surface area (Å²) < 4.78 is 45.0. The lowest BCUT2D eigenvalue weighted by atomic mass is 9.83. The van der Waals surface area contributed by atoms with Gasteiger partial charge in [-0.3, -0.25) is 4.79 Å². The SMILES string of the molecule is CC(=Cc1ccc(O[C@@H]2C[C@@H](O)[C@@H](C(C)=NOCc3cc(F)cc(Cl)c3Cl)C2)c(F)c1)C(=O)N[C@@H]1[C@H](O)[C@@H](O)[C@H]2OCO[C@H]2[C@@H]1O. The van der Waals surface area contributed by atoms with Crippen LogP contribution in [0.15, 0.2) is 41.1 Å². The van der Waals surface area contributed by atoms with Crippen molar-refractivity contribution in [2.24, 2.45) is 11.1 Å². The van der Waals surface area contributed by atoms with E-state index in [1.165, 1.54) is 31.2 Å². The summed E-state index contributed by atoms with van der Waals surface area (Å²) >= 11 is 12.0. The number of halogens is 4. The first-order chi connectivity index (χ1) is 21.8. The van der Waals surface area contributed by atoms with Crippen molar-refractivity contribution in [2.75, 3.05) is 6.79 Å². The van der Waals surface area contributed by atoms with Gasteiger partial charge in [0.25, 0.3) is 0 Å². The van der Waals surface area contributed by atoms with Crippen molar-refractivity contribution in [2.45, 2.75) is 82.1 Å². The second kappa shape index (κ2) is 14.5. The van der Waals surface area contributed by atoms with Crippen LogP contribution >= 0.6 is 23.2 Å². The fourth-order valence-corrected chi connectivity index (χ4v) is 6.31. The highest BCUT2D eigenvalue weighted by atomic mass is 35.5. The molecule has 9 atom stereocenters. The van der Waals surface area contributed by atoms with Gasteiger partial charge in [0, 0.05) is 23.5 Å². The quantitative estimate of drug-likeness (QED) is 0.116. The van der Waals surface area contributed by atoms with E-state index < -0.39 is 72.2 Å². The van der Waals surface area contributed by atoms with Crippen molar-refractivity contribution in [3.05, 3.63) is 68.7 Å². The van der Waals surface area contributed by atoms with E-state index in [9.17, 15) is 29.6 Å². The van der Waals surface area contributed by atoms with Gasteiger partial charge in [0.15, 0.2) is 11.6 Å². The van der Waals surface area contributed by atoms with E-state index >= 15 is 4.39 Å². The fraction of sp³-hybridized carbons (Fsp3) is 0.484. The highest BCUT2D eigenvalue weighted by Gasteiger charge is 2.53. The van der Waals surface area contributed by atoms with Crippen LogP contribution in [-0.2, 0) is 25.7 Å². The largest absolute Gasteiger partial charge is 0.487 e. The molecule has 0 radical (unpaired) electrons. The number of hydrogen-bond acceptors (Lipinski definition) is 10. The van der Waals surface area contributed by atoms with E-state index in [0.717, 1.165) is 6.07 Å². The number of ether oxygens (including phenoxy) is 3. The minimum absolute atomic E-state index is 0.0451. The number of oxime groups is 1. The molecule has 46 heavy (non-hydrogen) atoms. The van der Waals surface area contributed by atoms with E-state index in [2.05, 4.69) is 10.5 Å². The Bertz CT molecular complexity index is 1510. The third kappa shape index (κ3) is 7.47. The van der Waals surface area contributed by atoms with Crippen LogP contribution in [0.1, 0.15) is 37.8 Å². The Labute approximate surface area is 273 Å². The lowest BCUT2D eigenvalue weighted by Gasteiger charge is -2.41. The molecule has 5 rings (SSSR count). The van der Waals surface area contributed by atoms with Crippen LogP contribution in [0.4, 0.5) is 8.78 Å². The molecule has 1 aliphatic heterocycles. The van der Waals surface area contributed by atoms with Crippen LogP contribution in [0.2, 0.25) is 10.0 Å². The zero-order valence-corrected chi connectivity index (χ0v) is 26.3. The van der Waals surface area contributed by atoms with Crippen LogP contribution in [0.3, 0.4) is 0 Å². The summed E-state index contributed by atoms with van der Waals surface area (Å²) in [6, 6.07) is 5.19. The summed E-state index contributed by atoms with van der Waals surface area (Å²) in [5, 5.41) is 48.7. The molecule has 1 heterocycles. The highest BCUT2D eigenvalue weighted by Crippen LogP contribution is 2.33. The summed E-state index contributed by atoms with van der Waals surface area (Å²) in [6.07, 6.45) is -5.42. The Morgan fingerprint density at radius 1 is 1.04 bits per heavy atom. The maximum atomic E-state index is 15.0. The number of rotatable bonds is 9. The van der Waals surface area contributed by atoms with Crippen LogP contribution in [-0.4, -0.2) is 87.6 Å². The third-order valence-corrected chi connectivity index (χ3v) is 9.25. The van der Waals surface area contributed by atoms with E-state index in [4.69, 9.17) is 42.3 Å². The summed E-state index contributed by atoms with van der Waals surface area (Å²) in [5.41, 5.74) is 1.28. The Morgan fingerprint density at radius 3 is 2.48 bits per heavy atom. The van der Waals surface area contributed by atoms with Crippen LogP contribution in [0.25, 0.3) is 6.08 Å². The average molecular weight is 688 g/mol. The van der Waals surface area contributed by atoms with Gasteiger partial charge in [0.05, 0.1) is 27.9 Å². The van der Waals surface area contributed by atoms with E-state index in [1.54, 1.807) is 13.0 Å². The monoisotopic (exact) mass is 686 g/mol. The predicted molar refractivity (Wildman–Crippen MR) is 162 cm³/mol. The molecule has 2 aliphatic carbocycles. The van der Waals surface area contributed by atoms with Crippen molar-refractivity contribution < 1.29 is 53.0 Å². The third-order valence-electron chi connectivity index (χ3n) is 8.41. The average Bonchev–Trinajstić information content (AvgIpc) is 3.65. The molecule has 2 aromatic rings. The lowest BCUT2D eigenvalue weighted by molar-refractivity contribution is -0.155. The summed E-state index contributed by atoms with van der Waals surface area (Å²) in [7, 11) is 0. The molecule has 0 bridgehead atoms. The normalized spacial score (nSPS) is 31.5. The second-order valence-corrected chi connectivity index (χ2v) is 12.4. The molecule has 5 N–H and O–H groups in total. The number of benzene rings is 2. The number of aliphatic hydroxyl groups is 4. The molecule has 15 heteroatoms. The van der Waals surface area contributed by atoms with Gasteiger partial charge in [0.1, 0.15) is 55.8 Å². The molecule has 1 amide bonds. The molecular formula is C31H34Cl2F2N2O9. The minimum atomic E-state index is -1.50. The van der Waals surface area contributed by atoms with Crippen molar-refractivity contribution >= 4 is 40.9 Å². The number of nitrogens with zero attached hydrogens (tertiary/aromatic N) is 1. The molecule has 0 unspecified atom stereocenters. The summed E-state index contributed by atoms with van der Waals surface area (Å²) in [4.78, 5) is 18.2. The van der Waals surface area contributed by atoms with Gasteiger partial charge in [-0.25, -0.2) is 8.78 Å². The predicted octanol–water partition coefficient (Wildman–Crippen LogP) is 3.11. The molecule has 0 aromatic heterocycles. The lowest BCUT2D eigenvalue weighted by Crippen LogP contribution is -2.67. The van der Waals surface area contributed by atoms with E-state index in [-0.39, 0.29) is 41.2 Å². The van der Waals surface area contributed by atoms with E-state index in [0.29, 0.717) is 23.3 Å².